The lowest BCUT2D eigenvalue weighted by Gasteiger charge is -2.17. The molecule has 18 heavy (non-hydrogen) atoms. The number of sulfonamides is 1. The summed E-state index contributed by atoms with van der Waals surface area (Å²) in [5.41, 5.74) is 0. The number of methoxy groups -OCH3 is 1. The van der Waals surface area contributed by atoms with Gasteiger partial charge in [-0.15, -0.1) is 0 Å². The molecule has 0 fully saturated rings. The zero-order valence-corrected chi connectivity index (χ0v) is 13.0. The molecule has 1 N–H and O–H groups in total. The zero-order valence-electron chi connectivity index (χ0n) is 10.6. The number of nitrogens with zero attached hydrogens (tertiary/aromatic N) is 1. The number of likely N-dealkylation sites (N-methyl/N-ethyl adjacent to an activating group) is 2. The van der Waals surface area contributed by atoms with Crippen molar-refractivity contribution < 1.29 is 13.2 Å². The number of hydrogen-bond donors (Lipinski definition) is 1. The maximum absolute atomic E-state index is 12.2. The molecule has 0 radical (unpaired) electrons. The van der Waals surface area contributed by atoms with Crippen LogP contribution in [-0.4, -0.2) is 47.0 Å². The van der Waals surface area contributed by atoms with Gasteiger partial charge in [-0.25, -0.2) is 8.42 Å². The SMILES string of the molecule is CNCCN(C)S(=O)(=O)c1ccc(OC)c(Br)c1. The lowest BCUT2D eigenvalue weighted by atomic mass is 10.3. The molecular weight excluding hydrogens is 320 g/mol. The van der Waals surface area contributed by atoms with Crippen LogP contribution < -0.4 is 10.1 Å². The third kappa shape index (κ3) is 3.44. The van der Waals surface area contributed by atoms with Crippen LogP contribution in [0.1, 0.15) is 0 Å². The van der Waals surface area contributed by atoms with Crippen molar-refractivity contribution in [3.8, 4) is 5.75 Å². The number of nitrogens with one attached hydrogen (secondary N) is 1. The average molecular weight is 337 g/mol. The molecular formula is C11H17BrN2O3S. The molecule has 0 saturated carbocycles. The van der Waals surface area contributed by atoms with Gasteiger partial charge in [-0.3, -0.25) is 0 Å². The third-order valence-corrected chi connectivity index (χ3v) is 4.98. The van der Waals surface area contributed by atoms with Crippen LogP contribution in [0.5, 0.6) is 5.75 Å². The Labute approximate surface area is 116 Å². The van der Waals surface area contributed by atoms with E-state index >= 15 is 0 Å². The van der Waals surface area contributed by atoms with E-state index < -0.39 is 10.0 Å². The van der Waals surface area contributed by atoms with Crippen LogP contribution in [0.4, 0.5) is 0 Å². The highest BCUT2D eigenvalue weighted by Crippen LogP contribution is 2.28. The summed E-state index contributed by atoms with van der Waals surface area (Å²) in [4.78, 5) is 0.244. The van der Waals surface area contributed by atoms with Gasteiger partial charge in [-0.1, -0.05) is 0 Å². The lowest BCUT2D eigenvalue weighted by Crippen LogP contribution is -2.32. The highest BCUT2D eigenvalue weighted by Gasteiger charge is 2.21. The first-order chi connectivity index (χ1) is 8.43. The van der Waals surface area contributed by atoms with Crippen molar-refractivity contribution in [1.82, 2.24) is 9.62 Å². The average Bonchev–Trinajstić information content (AvgIpc) is 2.35. The standard InChI is InChI=1S/C11H17BrN2O3S/c1-13-6-7-14(2)18(15,16)9-4-5-11(17-3)10(12)8-9/h4-5,8,13H,6-7H2,1-3H3. The van der Waals surface area contributed by atoms with Crippen LogP contribution in [0.3, 0.4) is 0 Å². The molecule has 0 aliphatic heterocycles. The maximum atomic E-state index is 12.2. The molecule has 0 amide bonds. The molecule has 0 heterocycles. The van der Waals surface area contributed by atoms with Gasteiger partial charge in [-0.05, 0) is 41.2 Å². The quantitative estimate of drug-likeness (QED) is 0.850. The largest absolute Gasteiger partial charge is 0.496 e. The number of ether oxygens (including phenoxy) is 1. The highest BCUT2D eigenvalue weighted by molar-refractivity contribution is 9.10. The Morgan fingerprint density at radius 2 is 2.11 bits per heavy atom. The Balaban J connectivity index is 3.01. The van der Waals surface area contributed by atoms with E-state index in [0.29, 0.717) is 23.3 Å². The van der Waals surface area contributed by atoms with Crippen molar-refractivity contribution in [2.24, 2.45) is 0 Å². The first-order valence-corrected chi connectivity index (χ1v) is 7.61. The van der Waals surface area contributed by atoms with E-state index in [0.717, 1.165) is 0 Å². The van der Waals surface area contributed by atoms with Gasteiger partial charge in [0.25, 0.3) is 0 Å². The summed E-state index contributed by atoms with van der Waals surface area (Å²) in [5.74, 6) is 0.604. The smallest absolute Gasteiger partial charge is 0.242 e. The summed E-state index contributed by atoms with van der Waals surface area (Å²) in [6.45, 7) is 1.02. The molecule has 1 aromatic carbocycles. The Morgan fingerprint density at radius 3 is 2.61 bits per heavy atom. The minimum atomic E-state index is -3.45. The van der Waals surface area contributed by atoms with Gasteiger partial charge in [0.2, 0.25) is 10.0 Å². The summed E-state index contributed by atoms with van der Waals surface area (Å²) >= 11 is 3.28. The molecule has 0 spiro atoms. The van der Waals surface area contributed by atoms with Crippen LogP contribution in [0, 0.1) is 0 Å². The van der Waals surface area contributed by atoms with E-state index in [1.165, 1.54) is 17.5 Å². The van der Waals surface area contributed by atoms with Gasteiger partial charge in [-0.2, -0.15) is 4.31 Å². The Kier molecular flexibility index (Phi) is 5.58. The topological polar surface area (TPSA) is 58.6 Å². The molecule has 7 heteroatoms. The third-order valence-electron chi connectivity index (χ3n) is 2.51. The van der Waals surface area contributed by atoms with Gasteiger partial charge in [0.05, 0.1) is 16.5 Å². The van der Waals surface area contributed by atoms with E-state index in [4.69, 9.17) is 4.74 Å². The van der Waals surface area contributed by atoms with Crippen LogP contribution in [-0.2, 0) is 10.0 Å². The van der Waals surface area contributed by atoms with Gasteiger partial charge in [0.1, 0.15) is 5.75 Å². The lowest BCUT2D eigenvalue weighted by molar-refractivity contribution is 0.411. The Hall–Kier alpha value is -0.630. The molecule has 0 aliphatic carbocycles. The Morgan fingerprint density at radius 1 is 1.44 bits per heavy atom. The van der Waals surface area contributed by atoms with E-state index in [-0.39, 0.29) is 4.90 Å². The second kappa shape index (κ2) is 6.51. The molecule has 102 valence electrons. The summed E-state index contributed by atoms with van der Waals surface area (Å²) in [6.07, 6.45) is 0. The van der Waals surface area contributed by atoms with Crippen LogP contribution in [0.25, 0.3) is 0 Å². The number of rotatable bonds is 6. The molecule has 0 unspecified atom stereocenters. The van der Waals surface area contributed by atoms with Crippen LogP contribution in [0.15, 0.2) is 27.6 Å². The fourth-order valence-corrected chi connectivity index (χ4v) is 3.27. The minimum absolute atomic E-state index is 0.244. The zero-order chi connectivity index (χ0) is 13.8. The van der Waals surface area contributed by atoms with E-state index in [9.17, 15) is 8.42 Å². The highest BCUT2D eigenvalue weighted by atomic mass is 79.9. The molecule has 0 bridgehead atoms. The molecule has 1 rings (SSSR count). The van der Waals surface area contributed by atoms with E-state index in [1.54, 1.807) is 26.2 Å². The summed E-state index contributed by atoms with van der Waals surface area (Å²) in [5, 5.41) is 2.92. The van der Waals surface area contributed by atoms with E-state index in [1.807, 2.05) is 0 Å². The van der Waals surface area contributed by atoms with Crippen LogP contribution in [0.2, 0.25) is 0 Å². The van der Waals surface area contributed by atoms with Crippen molar-refractivity contribution in [3.05, 3.63) is 22.7 Å². The second-order valence-corrected chi connectivity index (χ2v) is 6.63. The molecule has 1 aromatic rings. The summed E-state index contributed by atoms with van der Waals surface area (Å²) < 4.78 is 31.5. The van der Waals surface area contributed by atoms with Crippen molar-refractivity contribution >= 4 is 26.0 Å². The van der Waals surface area contributed by atoms with Crippen molar-refractivity contribution in [3.63, 3.8) is 0 Å². The number of benzene rings is 1. The van der Waals surface area contributed by atoms with Gasteiger partial charge >= 0.3 is 0 Å². The molecule has 0 saturated heterocycles. The maximum Gasteiger partial charge on any atom is 0.242 e. The molecule has 0 aliphatic rings. The van der Waals surface area contributed by atoms with Crippen molar-refractivity contribution in [2.75, 3.05) is 34.3 Å². The van der Waals surface area contributed by atoms with Gasteiger partial charge in [0, 0.05) is 20.1 Å². The van der Waals surface area contributed by atoms with Crippen LogP contribution >= 0.6 is 15.9 Å². The van der Waals surface area contributed by atoms with Crippen molar-refractivity contribution in [2.45, 2.75) is 4.90 Å². The van der Waals surface area contributed by atoms with Gasteiger partial charge < -0.3 is 10.1 Å². The number of halogens is 1. The molecule has 0 atom stereocenters. The first-order valence-electron chi connectivity index (χ1n) is 5.38. The summed E-state index contributed by atoms with van der Waals surface area (Å²) in [7, 11) is 1.43. The minimum Gasteiger partial charge on any atom is -0.496 e. The Bertz CT molecular complexity index is 505. The second-order valence-electron chi connectivity index (χ2n) is 3.73. The predicted molar refractivity (Wildman–Crippen MR) is 74.4 cm³/mol. The van der Waals surface area contributed by atoms with E-state index in [2.05, 4.69) is 21.2 Å². The monoisotopic (exact) mass is 336 g/mol. The van der Waals surface area contributed by atoms with Gasteiger partial charge in [0.15, 0.2) is 0 Å². The van der Waals surface area contributed by atoms with Crippen molar-refractivity contribution in [1.29, 1.82) is 0 Å². The predicted octanol–water partition coefficient (Wildman–Crippen LogP) is 1.30. The number of hydrogen-bond acceptors (Lipinski definition) is 4. The summed E-state index contributed by atoms with van der Waals surface area (Å²) in [6, 6.07) is 4.71. The molecule has 5 nitrogen and oxygen atoms in total. The fraction of sp³-hybridized carbons (Fsp3) is 0.455. The fourth-order valence-electron chi connectivity index (χ4n) is 1.38. The first kappa shape index (κ1) is 15.4. The molecule has 0 aromatic heterocycles. The normalized spacial score (nSPS) is 11.8.